The third-order valence-corrected chi connectivity index (χ3v) is 6.76. The molecule has 9 heteroatoms. The molecule has 0 aliphatic carbocycles. The van der Waals surface area contributed by atoms with Crippen LogP contribution in [0.2, 0.25) is 5.02 Å². The number of rotatable bonds is 5. The maximum atomic E-state index is 13.0. The van der Waals surface area contributed by atoms with Gasteiger partial charge in [-0.3, -0.25) is 15.0 Å². The van der Waals surface area contributed by atoms with Crippen molar-refractivity contribution >= 4 is 57.8 Å². The van der Waals surface area contributed by atoms with Crippen LogP contribution >= 0.6 is 35.6 Å². The zero-order valence-electron chi connectivity index (χ0n) is 18.1. The number of hydrogen-bond acceptors (Lipinski definition) is 5. The quantitative estimate of drug-likeness (QED) is 0.382. The van der Waals surface area contributed by atoms with E-state index in [0.717, 1.165) is 45.2 Å². The van der Waals surface area contributed by atoms with Crippen LogP contribution < -0.4 is 10.2 Å². The van der Waals surface area contributed by atoms with Gasteiger partial charge in [0.1, 0.15) is 5.75 Å². The zero-order chi connectivity index (χ0) is 23.7. The largest absolute Gasteiger partial charge is 0.497 e. The van der Waals surface area contributed by atoms with E-state index in [4.69, 9.17) is 28.6 Å². The van der Waals surface area contributed by atoms with Crippen LogP contribution in [0.4, 0.5) is 0 Å². The summed E-state index contributed by atoms with van der Waals surface area (Å²) >= 11 is 12.4. The van der Waals surface area contributed by atoms with E-state index in [-0.39, 0.29) is 10.2 Å². The Morgan fingerprint density at radius 1 is 1.12 bits per heavy atom. The number of methoxy groups -OCH3 is 1. The SMILES string of the molecule is COc1ccc(-n2c(C)cc(/C=C3\SC(=S)N(NC(=O)c4ccc(Cl)cc4)C3=O)c2C)cc1. The molecule has 0 spiro atoms. The van der Waals surface area contributed by atoms with Crippen LogP contribution in [0.3, 0.4) is 0 Å². The summed E-state index contributed by atoms with van der Waals surface area (Å²) in [6.07, 6.45) is 1.80. The van der Waals surface area contributed by atoms with Crippen LogP contribution in [0.15, 0.2) is 59.5 Å². The molecule has 2 heterocycles. The number of thioether (sulfide) groups is 1. The Morgan fingerprint density at radius 3 is 2.42 bits per heavy atom. The summed E-state index contributed by atoms with van der Waals surface area (Å²) < 4.78 is 7.61. The third kappa shape index (κ3) is 4.68. The number of thiocarbonyl (C=S) groups is 1. The highest BCUT2D eigenvalue weighted by Gasteiger charge is 2.34. The van der Waals surface area contributed by atoms with Gasteiger partial charge in [0, 0.05) is 27.7 Å². The van der Waals surface area contributed by atoms with Gasteiger partial charge in [-0.15, -0.1) is 0 Å². The number of aryl methyl sites for hydroxylation is 1. The average Bonchev–Trinajstić information content (AvgIpc) is 3.23. The molecule has 2 amide bonds. The highest BCUT2D eigenvalue weighted by atomic mass is 35.5. The summed E-state index contributed by atoms with van der Waals surface area (Å²) in [5.74, 6) is -0.0331. The molecule has 4 rings (SSSR count). The van der Waals surface area contributed by atoms with Crippen molar-refractivity contribution in [1.29, 1.82) is 0 Å². The Kier molecular flexibility index (Phi) is 6.60. The van der Waals surface area contributed by atoms with E-state index in [9.17, 15) is 9.59 Å². The summed E-state index contributed by atoms with van der Waals surface area (Å²) in [6, 6.07) is 16.2. The first-order valence-corrected chi connectivity index (χ1v) is 11.6. The van der Waals surface area contributed by atoms with Crippen LogP contribution in [-0.2, 0) is 4.79 Å². The van der Waals surface area contributed by atoms with E-state index in [1.807, 2.05) is 44.2 Å². The van der Waals surface area contributed by atoms with Crippen LogP contribution in [0.5, 0.6) is 5.75 Å². The highest BCUT2D eigenvalue weighted by Crippen LogP contribution is 2.33. The Bertz CT molecular complexity index is 1280. The molecule has 6 nitrogen and oxygen atoms in total. The molecule has 0 saturated carbocycles. The molecule has 0 atom stereocenters. The molecular weight excluding hydrogens is 478 g/mol. The minimum Gasteiger partial charge on any atom is -0.497 e. The fraction of sp³-hybridized carbons (Fsp3) is 0.125. The van der Waals surface area contributed by atoms with Gasteiger partial charge in [0.15, 0.2) is 4.32 Å². The summed E-state index contributed by atoms with van der Waals surface area (Å²) in [7, 11) is 1.63. The number of hydrogen-bond donors (Lipinski definition) is 1. The van der Waals surface area contributed by atoms with Crippen LogP contribution in [0, 0.1) is 13.8 Å². The van der Waals surface area contributed by atoms with Crippen molar-refractivity contribution in [1.82, 2.24) is 15.0 Å². The van der Waals surface area contributed by atoms with E-state index < -0.39 is 5.91 Å². The van der Waals surface area contributed by atoms with Crippen LogP contribution in [0.25, 0.3) is 11.8 Å². The minimum atomic E-state index is -0.443. The monoisotopic (exact) mass is 497 g/mol. The van der Waals surface area contributed by atoms with Crippen molar-refractivity contribution in [2.24, 2.45) is 0 Å². The average molecular weight is 498 g/mol. The molecule has 1 saturated heterocycles. The number of nitrogens with one attached hydrogen (secondary N) is 1. The number of benzene rings is 2. The Balaban J connectivity index is 1.57. The fourth-order valence-corrected chi connectivity index (χ4v) is 4.83. The predicted molar refractivity (Wildman–Crippen MR) is 136 cm³/mol. The smallest absolute Gasteiger partial charge is 0.285 e. The molecule has 3 aromatic rings. The van der Waals surface area contributed by atoms with Crippen molar-refractivity contribution in [3.63, 3.8) is 0 Å². The Hall–Kier alpha value is -3.07. The summed E-state index contributed by atoms with van der Waals surface area (Å²) in [5, 5.41) is 1.62. The van der Waals surface area contributed by atoms with Gasteiger partial charge >= 0.3 is 0 Å². The lowest BCUT2D eigenvalue weighted by atomic mass is 10.2. The maximum Gasteiger partial charge on any atom is 0.285 e. The predicted octanol–water partition coefficient (Wildman–Crippen LogP) is 5.30. The van der Waals surface area contributed by atoms with Gasteiger partial charge in [-0.05, 0) is 92.3 Å². The lowest BCUT2D eigenvalue weighted by Crippen LogP contribution is -2.44. The first-order valence-electron chi connectivity index (χ1n) is 9.96. The molecule has 2 aromatic carbocycles. The summed E-state index contributed by atoms with van der Waals surface area (Å²) in [6.45, 7) is 4.00. The Labute approximate surface area is 206 Å². The number of nitrogens with zero attached hydrogens (tertiary/aromatic N) is 2. The molecule has 1 aromatic heterocycles. The molecule has 0 radical (unpaired) electrons. The van der Waals surface area contributed by atoms with E-state index in [1.54, 1.807) is 37.5 Å². The second kappa shape index (κ2) is 9.43. The van der Waals surface area contributed by atoms with Crippen molar-refractivity contribution in [3.05, 3.63) is 87.0 Å². The minimum absolute atomic E-state index is 0.262. The van der Waals surface area contributed by atoms with E-state index in [0.29, 0.717) is 15.5 Å². The molecule has 168 valence electrons. The first kappa shape index (κ1) is 23.1. The van der Waals surface area contributed by atoms with E-state index in [1.165, 1.54) is 0 Å². The normalized spacial score (nSPS) is 14.8. The molecule has 1 fully saturated rings. The lowest BCUT2D eigenvalue weighted by molar-refractivity contribution is -0.123. The van der Waals surface area contributed by atoms with Gasteiger partial charge in [0.05, 0.1) is 12.0 Å². The van der Waals surface area contributed by atoms with Gasteiger partial charge in [0.2, 0.25) is 0 Å². The number of ether oxygens (including phenoxy) is 1. The number of carbonyl (C=O) groups excluding carboxylic acids is 2. The third-order valence-electron chi connectivity index (χ3n) is 5.20. The molecular formula is C24H20ClN3O3S2. The van der Waals surface area contributed by atoms with Gasteiger partial charge in [-0.25, -0.2) is 0 Å². The molecule has 0 unspecified atom stereocenters. The Morgan fingerprint density at radius 2 is 1.79 bits per heavy atom. The number of aromatic nitrogens is 1. The molecule has 1 aliphatic heterocycles. The molecule has 0 bridgehead atoms. The van der Waals surface area contributed by atoms with Crippen LogP contribution in [0.1, 0.15) is 27.3 Å². The van der Waals surface area contributed by atoms with Gasteiger partial charge in [-0.2, -0.15) is 5.01 Å². The molecule has 1 aliphatic rings. The standard InChI is InChI=1S/C24H20ClN3O3S2/c1-14-12-17(15(2)27(14)19-8-10-20(31-3)11-9-19)13-21-23(30)28(24(32)33-21)26-22(29)16-4-6-18(25)7-5-16/h4-13H,1-3H3,(H,26,29)/b21-13-. The van der Waals surface area contributed by atoms with E-state index in [2.05, 4.69) is 9.99 Å². The number of amides is 2. The van der Waals surface area contributed by atoms with Crippen molar-refractivity contribution < 1.29 is 14.3 Å². The number of carbonyl (C=O) groups is 2. The second-order valence-corrected chi connectivity index (χ2v) is 9.44. The number of hydrazine groups is 1. The van der Waals surface area contributed by atoms with Gasteiger partial charge in [0.25, 0.3) is 11.8 Å². The second-order valence-electron chi connectivity index (χ2n) is 7.32. The molecule has 33 heavy (non-hydrogen) atoms. The fourth-order valence-electron chi connectivity index (χ4n) is 3.54. The summed E-state index contributed by atoms with van der Waals surface area (Å²) in [4.78, 5) is 25.9. The lowest BCUT2D eigenvalue weighted by Gasteiger charge is -2.15. The van der Waals surface area contributed by atoms with Crippen molar-refractivity contribution in [2.45, 2.75) is 13.8 Å². The first-order chi connectivity index (χ1) is 15.8. The van der Waals surface area contributed by atoms with Gasteiger partial charge in [-0.1, -0.05) is 23.4 Å². The zero-order valence-corrected chi connectivity index (χ0v) is 20.5. The van der Waals surface area contributed by atoms with Crippen molar-refractivity contribution in [3.8, 4) is 11.4 Å². The molecule has 1 N–H and O–H groups in total. The number of halogens is 1. The van der Waals surface area contributed by atoms with Gasteiger partial charge < -0.3 is 9.30 Å². The summed E-state index contributed by atoms with van der Waals surface area (Å²) in [5.41, 5.74) is 6.85. The van der Waals surface area contributed by atoms with Crippen LogP contribution in [-0.4, -0.2) is 32.8 Å². The van der Waals surface area contributed by atoms with Crippen molar-refractivity contribution in [2.75, 3.05) is 7.11 Å². The maximum absolute atomic E-state index is 13.0. The topological polar surface area (TPSA) is 63.6 Å². The highest BCUT2D eigenvalue weighted by molar-refractivity contribution is 8.26. The van der Waals surface area contributed by atoms with E-state index >= 15 is 0 Å².